The smallest absolute Gasteiger partial charge is 0.262 e. The highest BCUT2D eigenvalue weighted by atomic mass is 79.9. The first-order valence-corrected chi connectivity index (χ1v) is 8.56. The number of halogens is 1. The first kappa shape index (κ1) is 14.8. The minimum absolute atomic E-state index is 0.282. The van der Waals surface area contributed by atoms with Gasteiger partial charge in [-0.1, -0.05) is 58.9 Å². The van der Waals surface area contributed by atoms with Crippen molar-refractivity contribution < 1.29 is 8.42 Å². The van der Waals surface area contributed by atoms with Gasteiger partial charge in [-0.15, -0.1) is 0 Å². The van der Waals surface area contributed by atoms with Gasteiger partial charge >= 0.3 is 0 Å². The van der Waals surface area contributed by atoms with Crippen molar-refractivity contribution in [3.8, 4) is 0 Å². The third kappa shape index (κ3) is 3.29. The molecule has 0 aromatic heterocycles. The molecule has 2 rings (SSSR count). The van der Waals surface area contributed by atoms with Crippen LogP contribution in [0.3, 0.4) is 0 Å². The Labute approximate surface area is 127 Å². The van der Waals surface area contributed by atoms with Gasteiger partial charge in [0.2, 0.25) is 0 Å². The predicted octanol–water partition coefficient (Wildman–Crippen LogP) is 4.03. The van der Waals surface area contributed by atoms with Crippen LogP contribution in [0.2, 0.25) is 0 Å². The summed E-state index contributed by atoms with van der Waals surface area (Å²) in [6.45, 7) is 3.66. The maximum atomic E-state index is 12.4. The standard InChI is InChI=1S/C15H14BrNO2S/c1-2-12-7-9-14(10-8-12)17-20(18,19)15-6-4-3-5-13(15)11-16/h2-10,17H,1,11H2. The van der Waals surface area contributed by atoms with Gasteiger partial charge < -0.3 is 0 Å². The molecule has 0 aliphatic heterocycles. The van der Waals surface area contributed by atoms with E-state index in [1.807, 2.05) is 6.07 Å². The summed E-state index contributed by atoms with van der Waals surface area (Å²) in [5.41, 5.74) is 2.19. The summed E-state index contributed by atoms with van der Waals surface area (Å²) in [6.07, 6.45) is 1.71. The summed E-state index contributed by atoms with van der Waals surface area (Å²) in [6, 6.07) is 13.9. The number of hydrogen-bond donors (Lipinski definition) is 1. The number of alkyl halides is 1. The van der Waals surface area contributed by atoms with Crippen LogP contribution in [0.25, 0.3) is 6.08 Å². The fourth-order valence-corrected chi connectivity index (χ4v) is 3.75. The molecule has 20 heavy (non-hydrogen) atoms. The third-order valence-electron chi connectivity index (χ3n) is 2.80. The molecule has 2 aromatic rings. The van der Waals surface area contributed by atoms with Gasteiger partial charge in [-0.2, -0.15) is 0 Å². The van der Waals surface area contributed by atoms with Crippen LogP contribution in [0, 0.1) is 0 Å². The molecule has 0 aliphatic rings. The van der Waals surface area contributed by atoms with E-state index in [0.29, 0.717) is 11.0 Å². The molecule has 0 amide bonds. The van der Waals surface area contributed by atoms with Crippen molar-refractivity contribution in [3.05, 3.63) is 66.2 Å². The molecule has 0 unspecified atom stereocenters. The van der Waals surface area contributed by atoms with E-state index in [1.165, 1.54) is 0 Å². The second-order valence-corrected chi connectivity index (χ2v) is 6.38. The van der Waals surface area contributed by atoms with Crippen molar-refractivity contribution in [2.45, 2.75) is 10.2 Å². The van der Waals surface area contributed by atoms with Crippen molar-refractivity contribution in [2.24, 2.45) is 0 Å². The summed E-state index contributed by atoms with van der Waals surface area (Å²) in [4.78, 5) is 0.282. The Balaban J connectivity index is 2.32. The highest BCUT2D eigenvalue weighted by Crippen LogP contribution is 2.21. The van der Waals surface area contributed by atoms with Crippen LogP contribution < -0.4 is 4.72 Å². The molecule has 2 aromatic carbocycles. The zero-order valence-electron chi connectivity index (χ0n) is 10.7. The number of sulfonamides is 1. The van der Waals surface area contributed by atoms with Crippen LogP contribution in [0.15, 0.2) is 60.0 Å². The van der Waals surface area contributed by atoms with Gasteiger partial charge in [0.05, 0.1) is 4.90 Å². The Hall–Kier alpha value is -1.59. The lowest BCUT2D eigenvalue weighted by atomic mass is 10.2. The normalized spacial score (nSPS) is 11.1. The fourth-order valence-electron chi connectivity index (χ4n) is 1.77. The SMILES string of the molecule is C=Cc1ccc(NS(=O)(=O)c2ccccc2CBr)cc1. The maximum absolute atomic E-state index is 12.4. The lowest BCUT2D eigenvalue weighted by Crippen LogP contribution is -2.14. The van der Waals surface area contributed by atoms with Gasteiger partial charge in [0.25, 0.3) is 10.0 Å². The van der Waals surface area contributed by atoms with E-state index in [4.69, 9.17) is 0 Å². The maximum Gasteiger partial charge on any atom is 0.262 e. The van der Waals surface area contributed by atoms with Crippen LogP contribution in [-0.2, 0) is 15.4 Å². The number of nitrogens with one attached hydrogen (secondary N) is 1. The van der Waals surface area contributed by atoms with Crippen molar-refractivity contribution >= 4 is 37.7 Å². The van der Waals surface area contributed by atoms with E-state index in [2.05, 4.69) is 27.2 Å². The molecular weight excluding hydrogens is 338 g/mol. The van der Waals surface area contributed by atoms with Crippen LogP contribution in [0.5, 0.6) is 0 Å². The summed E-state index contributed by atoms with van der Waals surface area (Å²) >= 11 is 3.30. The highest BCUT2D eigenvalue weighted by molar-refractivity contribution is 9.08. The summed E-state index contributed by atoms with van der Waals surface area (Å²) in [5, 5.41) is 0.486. The van der Waals surface area contributed by atoms with E-state index in [9.17, 15) is 8.42 Å². The van der Waals surface area contributed by atoms with Crippen LogP contribution >= 0.6 is 15.9 Å². The second kappa shape index (κ2) is 6.24. The Bertz CT molecular complexity index is 709. The van der Waals surface area contributed by atoms with Crippen molar-refractivity contribution in [1.29, 1.82) is 0 Å². The Kier molecular flexibility index (Phi) is 4.62. The lowest BCUT2D eigenvalue weighted by molar-refractivity contribution is 0.600. The Morgan fingerprint density at radius 3 is 2.35 bits per heavy atom. The van der Waals surface area contributed by atoms with E-state index < -0.39 is 10.0 Å². The molecule has 1 N–H and O–H groups in total. The van der Waals surface area contributed by atoms with Crippen molar-refractivity contribution in [3.63, 3.8) is 0 Å². The van der Waals surface area contributed by atoms with Gasteiger partial charge in [0.1, 0.15) is 0 Å². The quantitative estimate of drug-likeness (QED) is 0.826. The third-order valence-corrected chi connectivity index (χ3v) is 4.89. The van der Waals surface area contributed by atoms with Gasteiger partial charge in [-0.3, -0.25) is 4.72 Å². The van der Waals surface area contributed by atoms with Gasteiger partial charge in [-0.25, -0.2) is 8.42 Å². The summed E-state index contributed by atoms with van der Waals surface area (Å²) in [7, 11) is -3.58. The molecule has 0 bridgehead atoms. The van der Waals surface area contributed by atoms with Gasteiger partial charge in [-0.05, 0) is 29.3 Å². The van der Waals surface area contributed by atoms with Crippen molar-refractivity contribution in [1.82, 2.24) is 0 Å². The average Bonchev–Trinajstić information content (AvgIpc) is 2.47. The molecule has 104 valence electrons. The van der Waals surface area contributed by atoms with E-state index >= 15 is 0 Å². The molecule has 3 nitrogen and oxygen atoms in total. The minimum atomic E-state index is -3.58. The van der Waals surface area contributed by atoms with Crippen molar-refractivity contribution in [2.75, 3.05) is 4.72 Å². The number of benzene rings is 2. The predicted molar refractivity (Wildman–Crippen MR) is 86.4 cm³/mol. The molecule has 5 heteroatoms. The Morgan fingerprint density at radius 2 is 1.75 bits per heavy atom. The molecule has 0 atom stereocenters. The molecule has 0 aliphatic carbocycles. The topological polar surface area (TPSA) is 46.2 Å². The number of anilines is 1. The first-order valence-electron chi connectivity index (χ1n) is 5.96. The monoisotopic (exact) mass is 351 g/mol. The fraction of sp³-hybridized carbons (Fsp3) is 0.0667. The largest absolute Gasteiger partial charge is 0.280 e. The van der Waals surface area contributed by atoms with E-state index in [-0.39, 0.29) is 4.90 Å². The highest BCUT2D eigenvalue weighted by Gasteiger charge is 2.17. The molecule has 0 saturated carbocycles. The first-order chi connectivity index (χ1) is 9.56. The lowest BCUT2D eigenvalue weighted by Gasteiger charge is -2.11. The van der Waals surface area contributed by atoms with Crippen LogP contribution in [0.1, 0.15) is 11.1 Å². The summed E-state index contributed by atoms with van der Waals surface area (Å²) in [5.74, 6) is 0. The van der Waals surface area contributed by atoms with Crippen LogP contribution in [0.4, 0.5) is 5.69 Å². The number of hydrogen-bond acceptors (Lipinski definition) is 2. The Morgan fingerprint density at radius 1 is 1.10 bits per heavy atom. The molecular formula is C15H14BrNO2S. The molecule has 0 fully saturated rings. The number of rotatable bonds is 5. The van der Waals surface area contributed by atoms with Gasteiger partial charge in [0.15, 0.2) is 0 Å². The van der Waals surface area contributed by atoms with E-state index in [1.54, 1.807) is 48.5 Å². The van der Waals surface area contributed by atoms with E-state index in [0.717, 1.165) is 11.1 Å². The molecule has 0 saturated heterocycles. The van der Waals surface area contributed by atoms with Gasteiger partial charge in [0, 0.05) is 11.0 Å². The molecule has 0 spiro atoms. The summed E-state index contributed by atoms with van der Waals surface area (Å²) < 4.78 is 27.3. The second-order valence-electron chi connectivity index (χ2n) is 4.17. The minimum Gasteiger partial charge on any atom is -0.280 e. The average molecular weight is 352 g/mol. The molecule has 0 heterocycles. The zero-order valence-corrected chi connectivity index (χ0v) is 13.1. The zero-order chi connectivity index (χ0) is 14.6. The molecule has 0 radical (unpaired) electrons. The van der Waals surface area contributed by atoms with Crippen LogP contribution in [-0.4, -0.2) is 8.42 Å².